The second-order valence-corrected chi connectivity index (χ2v) is 7.06. The Morgan fingerprint density at radius 3 is 2.52 bits per heavy atom. The number of benzene rings is 1. The molecule has 0 radical (unpaired) electrons. The molecule has 1 saturated heterocycles. The number of H-pyrrole nitrogens is 1. The molecular formula is C20H22N6O3. The van der Waals surface area contributed by atoms with Crippen LogP contribution in [0.25, 0.3) is 10.8 Å². The Labute approximate surface area is 166 Å². The summed E-state index contributed by atoms with van der Waals surface area (Å²) in [6.07, 6.45) is 2.38. The lowest BCUT2D eigenvalue weighted by Crippen LogP contribution is -2.33. The van der Waals surface area contributed by atoms with Crippen LogP contribution in [0.4, 0.5) is 0 Å². The SMILES string of the molecule is O=C(NCc1nn(CCN2CCCC2)c(=O)c2ccccc12)c1ccc(=O)[nH]n1. The summed E-state index contributed by atoms with van der Waals surface area (Å²) < 4.78 is 1.49. The number of fused-ring (bicyclic) bond motifs is 1. The molecule has 0 unspecified atom stereocenters. The van der Waals surface area contributed by atoms with Gasteiger partial charge in [0.15, 0.2) is 0 Å². The smallest absolute Gasteiger partial charge is 0.274 e. The highest BCUT2D eigenvalue weighted by Gasteiger charge is 2.15. The molecule has 1 aliphatic rings. The first kappa shape index (κ1) is 19.0. The monoisotopic (exact) mass is 394 g/mol. The number of rotatable bonds is 6. The van der Waals surface area contributed by atoms with E-state index >= 15 is 0 Å². The highest BCUT2D eigenvalue weighted by atomic mass is 16.2. The minimum Gasteiger partial charge on any atom is -0.345 e. The van der Waals surface area contributed by atoms with Crippen molar-refractivity contribution in [3.8, 4) is 0 Å². The number of nitrogens with zero attached hydrogens (tertiary/aromatic N) is 4. The summed E-state index contributed by atoms with van der Waals surface area (Å²) in [5.41, 5.74) is 0.215. The maximum absolute atomic E-state index is 12.8. The minimum absolute atomic E-state index is 0.108. The number of hydrogen-bond acceptors (Lipinski definition) is 6. The van der Waals surface area contributed by atoms with Crippen LogP contribution in [0.1, 0.15) is 29.0 Å². The molecular weight excluding hydrogens is 372 g/mol. The third kappa shape index (κ3) is 4.24. The first-order valence-corrected chi connectivity index (χ1v) is 9.67. The molecule has 1 fully saturated rings. The average Bonchev–Trinajstić information content (AvgIpc) is 3.26. The fourth-order valence-electron chi connectivity index (χ4n) is 3.56. The van der Waals surface area contributed by atoms with Gasteiger partial charge in [-0.25, -0.2) is 9.78 Å². The van der Waals surface area contributed by atoms with E-state index in [1.165, 1.54) is 29.7 Å². The van der Waals surface area contributed by atoms with Crippen molar-refractivity contribution in [2.45, 2.75) is 25.9 Å². The maximum Gasteiger partial charge on any atom is 0.274 e. The predicted octanol–water partition coefficient (Wildman–Crippen LogP) is 0.506. The van der Waals surface area contributed by atoms with Gasteiger partial charge in [-0.05, 0) is 38.1 Å². The van der Waals surface area contributed by atoms with E-state index in [1.54, 1.807) is 6.07 Å². The number of carbonyl (C=O) groups excluding carboxylic acids is 1. The molecule has 3 heterocycles. The summed E-state index contributed by atoms with van der Waals surface area (Å²) in [6.45, 7) is 3.53. The molecule has 3 aromatic rings. The van der Waals surface area contributed by atoms with Crippen molar-refractivity contribution >= 4 is 16.7 Å². The Balaban J connectivity index is 1.57. The van der Waals surface area contributed by atoms with Crippen LogP contribution in [0, 0.1) is 0 Å². The highest BCUT2D eigenvalue weighted by Crippen LogP contribution is 2.13. The second kappa shape index (κ2) is 8.36. The summed E-state index contributed by atoms with van der Waals surface area (Å²) in [5, 5.41) is 14.5. The van der Waals surface area contributed by atoms with E-state index in [9.17, 15) is 14.4 Å². The van der Waals surface area contributed by atoms with Gasteiger partial charge in [0.25, 0.3) is 17.0 Å². The lowest BCUT2D eigenvalue weighted by Gasteiger charge is -2.16. The van der Waals surface area contributed by atoms with Crippen LogP contribution in [0.5, 0.6) is 0 Å². The average molecular weight is 394 g/mol. The van der Waals surface area contributed by atoms with Crippen molar-refractivity contribution < 1.29 is 4.79 Å². The topological polar surface area (TPSA) is 113 Å². The number of hydrogen-bond donors (Lipinski definition) is 2. The first-order valence-electron chi connectivity index (χ1n) is 9.67. The summed E-state index contributed by atoms with van der Waals surface area (Å²) in [7, 11) is 0. The molecule has 9 heteroatoms. The zero-order valence-corrected chi connectivity index (χ0v) is 15.9. The van der Waals surface area contributed by atoms with Gasteiger partial charge in [-0.2, -0.15) is 10.2 Å². The van der Waals surface area contributed by atoms with Gasteiger partial charge < -0.3 is 10.2 Å². The molecule has 2 aromatic heterocycles. The highest BCUT2D eigenvalue weighted by molar-refractivity contribution is 5.92. The normalized spacial score (nSPS) is 14.3. The maximum atomic E-state index is 12.8. The number of aromatic amines is 1. The van der Waals surface area contributed by atoms with E-state index in [0.717, 1.165) is 19.6 Å². The summed E-state index contributed by atoms with van der Waals surface area (Å²) in [5.74, 6) is -0.429. The van der Waals surface area contributed by atoms with Gasteiger partial charge in [0.05, 0.1) is 24.2 Å². The number of amides is 1. The Kier molecular flexibility index (Phi) is 5.48. The van der Waals surface area contributed by atoms with Crippen LogP contribution in [0.15, 0.2) is 46.0 Å². The van der Waals surface area contributed by atoms with Crippen molar-refractivity contribution in [1.29, 1.82) is 0 Å². The van der Waals surface area contributed by atoms with Crippen molar-refractivity contribution in [1.82, 2.24) is 30.2 Å². The molecule has 0 aliphatic carbocycles. The molecule has 0 atom stereocenters. The van der Waals surface area contributed by atoms with Gasteiger partial charge in [-0.1, -0.05) is 18.2 Å². The number of likely N-dealkylation sites (tertiary alicyclic amines) is 1. The quantitative estimate of drug-likeness (QED) is 0.630. The van der Waals surface area contributed by atoms with Crippen molar-refractivity contribution in [2.24, 2.45) is 0 Å². The third-order valence-electron chi connectivity index (χ3n) is 5.10. The first-order chi connectivity index (χ1) is 14.1. The molecule has 1 aliphatic heterocycles. The van der Waals surface area contributed by atoms with Gasteiger partial charge in [0.1, 0.15) is 5.69 Å². The van der Waals surface area contributed by atoms with Crippen molar-refractivity contribution in [3.05, 3.63) is 68.5 Å². The summed E-state index contributed by atoms with van der Waals surface area (Å²) in [4.78, 5) is 38.6. The van der Waals surface area contributed by atoms with E-state index in [4.69, 9.17) is 0 Å². The summed E-state index contributed by atoms with van der Waals surface area (Å²) in [6, 6.07) is 9.87. The van der Waals surface area contributed by atoms with Gasteiger partial charge in [-0.15, -0.1) is 0 Å². The molecule has 150 valence electrons. The van der Waals surface area contributed by atoms with Gasteiger partial charge in [0, 0.05) is 18.0 Å². The van der Waals surface area contributed by atoms with Crippen molar-refractivity contribution in [3.63, 3.8) is 0 Å². The minimum atomic E-state index is -0.429. The molecule has 0 bridgehead atoms. The fraction of sp³-hybridized carbons (Fsp3) is 0.350. The van der Waals surface area contributed by atoms with E-state index < -0.39 is 5.91 Å². The van der Waals surface area contributed by atoms with Crippen molar-refractivity contribution in [2.75, 3.05) is 19.6 Å². The standard InChI is InChI=1S/C20H22N6O3/c27-18-8-7-16(22-23-18)19(28)21-13-17-14-5-1-2-6-15(14)20(29)26(24-17)12-11-25-9-3-4-10-25/h1-2,5-8H,3-4,9-13H2,(H,21,28)(H,23,27). The molecule has 4 rings (SSSR count). The predicted molar refractivity (Wildman–Crippen MR) is 108 cm³/mol. The third-order valence-corrected chi connectivity index (χ3v) is 5.10. The molecule has 0 saturated carbocycles. The van der Waals surface area contributed by atoms with Crippen LogP contribution in [0.3, 0.4) is 0 Å². The van der Waals surface area contributed by atoms with Crippen LogP contribution >= 0.6 is 0 Å². The van der Waals surface area contributed by atoms with Crippen LogP contribution in [-0.4, -0.2) is 50.4 Å². The number of aromatic nitrogens is 4. The fourth-order valence-corrected chi connectivity index (χ4v) is 3.56. The Morgan fingerprint density at radius 2 is 1.79 bits per heavy atom. The van der Waals surface area contributed by atoms with E-state index in [0.29, 0.717) is 23.0 Å². The molecule has 1 amide bonds. The molecule has 29 heavy (non-hydrogen) atoms. The lowest BCUT2D eigenvalue weighted by atomic mass is 10.1. The molecule has 1 aromatic carbocycles. The molecule has 9 nitrogen and oxygen atoms in total. The zero-order chi connectivity index (χ0) is 20.2. The lowest BCUT2D eigenvalue weighted by molar-refractivity contribution is 0.0944. The number of nitrogens with one attached hydrogen (secondary N) is 2. The molecule has 2 N–H and O–H groups in total. The Hall–Kier alpha value is -3.33. The van der Waals surface area contributed by atoms with Gasteiger partial charge >= 0.3 is 0 Å². The van der Waals surface area contributed by atoms with Gasteiger partial charge in [-0.3, -0.25) is 14.4 Å². The zero-order valence-electron chi connectivity index (χ0n) is 15.9. The Bertz CT molecular complexity index is 1130. The van der Waals surface area contributed by atoms with Crippen LogP contribution in [-0.2, 0) is 13.1 Å². The van der Waals surface area contributed by atoms with E-state index in [1.807, 2.05) is 18.2 Å². The number of carbonyl (C=O) groups is 1. The van der Waals surface area contributed by atoms with E-state index in [2.05, 4.69) is 25.5 Å². The van der Waals surface area contributed by atoms with Crippen LogP contribution in [0.2, 0.25) is 0 Å². The summed E-state index contributed by atoms with van der Waals surface area (Å²) >= 11 is 0. The molecule has 0 spiro atoms. The van der Waals surface area contributed by atoms with E-state index in [-0.39, 0.29) is 23.4 Å². The van der Waals surface area contributed by atoms with Gasteiger partial charge in [0.2, 0.25) is 0 Å². The second-order valence-electron chi connectivity index (χ2n) is 7.06. The largest absolute Gasteiger partial charge is 0.345 e. The van der Waals surface area contributed by atoms with Crippen LogP contribution < -0.4 is 16.4 Å². The Morgan fingerprint density at radius 1 is 1.03 bits per heavy atom.